The molecule has 0 aliphatic carbocycles. The summed E-state index contributed by atoms with van der Waals surface area (Å²) in [5.41, 5.74) is 1.52. The Bertz CT molecular complexity index is 829. The molecule has 1 fully saturated rings. The fourth-order valence-electron chi connectivity index (χ4n) is 3.30. The Morgan fingerprint density at radius 2 is 1.75 bits per heavy atom. The van der Waals surface area contributed by atoms with E-state index >= 15 is 0 Å². The second-order valence-electron chi connectivity index (χ2n) is 6.80. The van der Waals surface area contributed by atoms with Crippen LogP contribution in [0.4, 0.5) is 0 Å². The quantitative estimate of drug-likeness (QED) is 0.523. The highest BCUT2D eigenvalue weighted by Gasteiger charge is 2.22. The molecule has 28 heavy (non-hydrogen) atoms. The minimum Gasteiger partial charge on any atom is -0.504 e. The molecule has 3 N–H and O–H groups in total. The maximum atomic E-state index is 12.6. The van der Waals surface area contributed by atoms with E-state index in [0.29, 0.717) is 16.6 Å². The molecule has 1 atom stereocenters. The summed E-state index contributed by atoms with van der Waals surface area (Å²) in [4.78, 5) is 14.9. The summed E-state index contributed by atoms with van der Waals surface area (Å²) in [6.07, 6.45) is 2.47. The van der Waals surface area contributed by atoms with Crippen molar-refractivity contribution in [1.29, 1.82) is 0 Å². The summed E-state index contributed by atoms with van der Waals surface area (Å²) in [5.74, 6) is -0.524. The molecule has 0 bridgehead atoms. The Kier molecular flexibility index (Phi) is 8.43. The van der Waals surface area contributed by atoms with Crippen LogP contribution in [0, 0.1) is 0 Å². The number of likely N-dealkylation sites (tertiary alicyclic amines) is 1. The van der Waals surface area contributed by atoms with Gasteiger partial charge in [-0.15, -0.1) is 17.0 Å². The Labute approximate surface area is 185 Å². The lowest BCUT2D eigenvalue weighted by Crippen LogP contribution is -2.37. The molecule has 8 heteroatoms. The number of phenolic OH excluding ortho intramolecular Hbond substituents is 2. The number of aromatic hydroxyl groups is 2. The van der Waals surface area contributed by atoms with Crippen molar-refractivity contribution >= 4 is 46.1 Å². The molecular formula is C20H23BrCl2N2O3. The monoisotopic (exact) mass is 488 g/mol. The topological polar surface area (TPSA) is 72.8 Å². The summed E-state index contributed by atoms with van der Waals surface area (Å²) in [7, 11) is 0. The van der Waals surface area contributed by atoms with E-state index < -0.39 is 0 Å². The second kappa shape index (κ2) is 10.3. The van der Waals surface area contributed by atoms with Crippen LogP contribution < -0.4 is 5.32 Å². The summed E-state index contributed by atoms with van der Waals surface area (Å²) in [6.45, 7) is 2.63. The van der Waals surface area contributed by atoms with Gasteiger partial charge in [-0.05, 0) is 61.3 Å². The molecule has 0 spiro atoms. The molecule has 1 aliphatic heterocycles. The fourth-order valence-corrected chi connectivity index (χ4v) is 3.62. The van der Waals surface area contributed by atoms with Gasteiger partial charge in [0.25, 0.3) is 0 Å². The molecule has 0 unspecified atom stereocenters. The van der Waals surface area contributed by atoms with Gasteiger partial charge in [0.1, 0.15) is 0 Å². The zero-order chi connectivity index (χ0) is 19.4. The smallest absolute Gasteiger partial charge is 0.224 e. The molecule has 152 valence electrons. The molecule has 1 aliphatic rings. The summed E-state index contributed by atoms with van der Waals surface area (Å²) >= 11 is 11.9. The number of phenols is 2. The number of nitrogens with zero attached hydrogens (tertiary/aromatic N) is 1. The summed E-state index contributed by atoms with van der Waals surface area (Å²) < 4.78 is 0. The van der Waals surface area contributed by atoms with Gasteiger partial charge < -0.3 is 20.4 Å². The number of amides is 1. The fraction of sp³-hybridized carbons (Fsp3) is 0.350. The molecule has 1 heterocycles. The predicted molar refractivity (Wildman–Crippen MR) is 117 cm³/mol. The van der Waals surface area contributed by atoms with E-state index in [4.69, 9.17) is 23.2 Å². The standard InChI is InChI=1S/C20H22Cl2N2O3.BrH/c21-15-5-3-13(9-16(15)22)10-20(27)23-17(12-24-7-1-2-8-24)14-4-6-18(25)19(26)11-14;/h3-6,9,11,17,25-26H,1-2,7-8,10,12H2,(H,23,27);1H/t17-;/m0./s1. The van der Waals surface area contributed by atoms with Gasteiger partial charge in [-0.25, -0.2) is 0 Å². The largest absolute Gasteiger partial charge is 0.504 e. The van der Waals surface area contributed by atoms with Crippen molar-refractivity contribution in [2.24, 2.45) is 0 Å². The minimum absolute atomic E-state index is 0. The number of halogens is 3. The third-order valence-electron chi connectivity index (χ3n) is 4.73. The van der Waals surface area contributed by atoms with Crippen LogP contribution in [0.15, 0.2) is 36.4 Å². The van der Waals surface area contributed by atoms with Crippen LogP contribution in [0.1, 0.15) is 30.0 Å². The van der Waals surface area contributed by atoms with Gasteiger partial charge in [-0.3, -0.25) is 4.79 Å². The highest BCUT2D eigenvalue weighted by atomic mass is 79.9. The lowest BCUT2D eigenvalue weighted by atomic mass is 10.0. The average Bonchev–Trinajstić information content (AvgIpc) is 3.13. The first kappa shape index (κ1) is 22.8. The Balaban J connectivity index is 0.00000280. The highest BCUT2D eigenvalue weighted by molar-refractivity contribution is 8.93. The summed E-state index contributed by atoms with van der Waals surface area (Å²) in [6, 6.07) is 9.50. The second-order valence-corrected chi connectivity index (χ2v) is 7.62. The van der Waals surface area contributed by atoms with E-state index in [0.717, 1.165) is 37.1 Å². The van der Waals surface area contributed by atoms with Crippen LogP contribution in [-0.4, -0.2) is 40.7 Å². The van der Waals surface area contributed by atoms with Crippen LogP contribution in [0.2, 0.25) is 10.0 Å². The summed E-state index contributed by atoms with van der Waals surface area (Å²) in [5, 5.41) is 23.3. The first-order valence-electron chi connectivity index (χ1n) is 8.90. The van der Waals surface area contributed by atoms with Crippen LogP contribution in [0.5, 0.6) is 11.5 Å². The van der Waals surface area contributed by atoms with Crippen molar-refractivity contribution in [3.8, 4) is 11.5 Å². The maximum absolute atomic E-state index is 12.6. The van der Waals surface area contributed by atoms with E-state index in [2.05, 4.69) is 10.2 Å². The van der Waals surface area contributed by atoms with E-state index in [1.807, 2.05) is 0 Å². The predicted octanol–water partition coefficient (Wildman–Crippen LogP) is 4.48. The van der Waals surface area contributed by atoms with Crippen molar-refractivity contribution in [2.75, 3.05) is 19.6 Å². The number of carbonyl (C=O) groups is 1. The van der Waals surface area contributed by atoms with Crippen molar-refractivity contribution in [3.05, 3.63) is 57.6 Å². The number of hydrogen-bond acceptors (Lipinski definition) is 4. The van der Waals surface area contributed by atoms with E-state index in [1.165, 1.54) is 12.1 Å². The molecule has 0 radical (unpaired) electrons. The minimum atomic E-state index is -0.287. The Morgan fingerprint density at radius 3 is 2.39 bits per heavy atom. The number of carbonyl (C=O) groups excluding carboxylic acids is 1. The Morgan fingerprint density at radius 1 is 1.04 bits per heavy atom. The zero-order valence-corrected chi connectivity index (χ0v) is 18.4. The van der Waals surface area contributed by atoms with E-state index in [9.17, 15) is 15.0 Å². The molecule has 0 aromatic heterocycles. The van der Waals surface area contributed by atoms with Gasteiger partial charge in [-0.2, -0.15) is 0 Å². The van der Waals surface area contributed by atoms with Crippen molar-refractivity contribution in [2.45, 2.75) is 25.3 Å². The molecule has 5 nitrogen and oxygen atoms in total. The molecule has 0 saturated carbocycles. The number of hydrogen-bond donors (Lipinski definition) is 3. The first-order valence-corrected chi connectivity index (χ1v) is 9.65. The normalized spacial score (nSPS) is 15.1. The molecule has 2 aromatic carbocycles. The number of rotatable bonds is 6. The van der Waals surface area contributed by atoms with Gasteiger partial charge in [0, 0.05) is 6.54 Å². The van der Waals surface area contributed by atoms with E-state index in [1.54, 1.807) is 24.3 Å². The molecule has 1 saturated heterocycles. The Hall–Kier alpha value is -1.47. The molecule has 1 amide bonds. The van der Waals surface area contributed by atoms with Gasteiger partial charge in [0.05, 0.1) is 22.5 Å². The van der Waals surface area contributed by atoms with Crippen LogP contribution in [0.3, 0.4) is 0 Å². The molecular weight excluding hydrogens is 467 g/mol. The SMILES string of the molecule is Br.O=C(Cc1ccc(Cl)c(Cl)c1)N[C@@H](CN1CCCC1)c1ccc(O)c(O)c1. The molecule has 2 aromatic rings. The van der Waals surface area contributed by atoms with Crippen molar-refractivity contribution in [3.63, 3.8) is 0 Å². The number of nitrogens with one attached hydrogen (secondary N) is 1. The lowest BCUT2D eigenvalue weighted by molar-refractivity contribution is -0.121. The lowest BCUT2D eigenvalue weighted by Gasteiger charge is -2.25. The van der Waals surface area contributed by atoms with Crippen molar-refractivity contribution < 1.29 is 15.0 Å². The zero-order valence-electron chi connectivity index (χ0n) is 15.2. The van der Waals surface area contributed by atoms with Gasteiger partial charge in [0.2, 0.25) is 5.91 Å². The maximum Gasteiger partial charge on any atom is 0.224 e. The van der Waals surface area contributed by atoms with Gasteiger partial charge in [-0.1, -0.05) is 35.3 Å². The van der Waals surface area contributed by atoms with Crippen LogP contribution in [0.25, 0.3) is 0 Å². The average molecular weight is 490 g/mol. The highest BCUT2D eigenvalue weighted by Crippen LogP contribution is 2.29. The van der Waals surface area contributed by atoms with Crippen LogP contribution in [-0.2, 0) is 11.2 Å². The third-order valence-corrected chi connectivity index (χ3v) is 5.46. The third kappa shape index (κ3) is 6.01. The first-order chi connectivity index (χ1) is 12.9. The van der Waals surface area contributed by atoms with E-state index in [-0.39, 0.29) is 46.9 Å². The number of benzene rings is 2. The van der Waals surface area contributed by atoms with Gasteiger partial charge >= 0.3 is 0 Å². The van der Waals surface area contributed by atoms with Crippen LogP contribution >= 0.6 is 40.2 Å². The molecule has 3 rings (SSSR count). The van der Waals surface area contributed by atoms with Gasteiger partial charge in [0.15, 0.2) is 11.5 Å². The van der Waals surface area contributed by atoms with Crippen molar-refractivity contribution in [1.82, 2.24) is 10.2 Å².